The molecular weight excluding hydrogens is 238 g/mol. The molecule has 100 valence electrons. The van der Waals surface area contributed by atoms with Gasteiger partial charge in [-0.1, -0.05) is 37.6 Å². The molecule has 0 saturated heterocycles. The summed E-state index contributed by atoms with van der Waals surface area (Å²) < 4.78 is 5.67. The summed E-state index contributed by atoms with van der Waals surface area (Å²) in [5.41, 5.74) is 9.56. The van der Waals surface area contributed by atoms with Crippen LogP contribution in [0.3, 0.4) is 0 Å². The second-order valence-electron chi connectivity index (χ2n) is 5.23. The van der Waals surface area contributed by atoms with Crippen molar-refractivity contribution in [3.8, 4) is 11.3 Å². The van der Waals surface area contributed by atoms with E-state index in [0.29, 0.717) is 5.76 Å². The molecule has 0 aliphatic heterocycles. The van der Waals surface area contributed by atoms with Crippen molar-refractivity contribution in [2.45, 2.75) is 33.6 Å². The molecule has 0 unspecified atom stereocenters. The van der Waals surface area contributed by atoms with Gasteiger partial charge in [-0.05, 0) is 31.4 Å². The van der Waals surface area contributed by atoms with E-state index in [1.54, 1.807) is 0 Å². The van der Waals surface area contributed by atoms with Crippen LogP contribution in [-0.4, -0.2) is 5.91 Å². The molecule has 0 radical (unpaired) electrons. The van der Waals surface area contributed by atoms with Gasteiger partial charge in [-0.15, -0.1) is 0 Å². The Balaban J connectivity index is 2.57. The molecule has 19 heavy (non-hydrogen) atoms. The zero-order valence-electron chi connectivity index (χ0n) is 11.8. The number of rotatable bonds is 3. The average Bonchev–Trinajstić information content (AvgIpc) is 2.73. The molecule has 3 nitrogen and oxygen atoms in total. The molecular formula is C16H19NO2. The van der Waals surface area contributed by atoms with Crippen molar-refractivity contribution in [3.63, 3.8) is 0 Å². The standard InChI is InChI=1S/C16H19NO2/c1-9(2)13-8-14(19-15(13)16(17)18)12-6-5-10(3)7-11(12)4/h5-9H,1-4H3,(H2,17,18). The van der Waals surface area contributed by atoms with Crippen molar-refractivity contribution in [2.75, 3.05) is 0 Å². The highest BCUT2D eigenvalue weighted by atomic mass is 16.4. The first-order valence-corrected chi connectivity index (χ1v) is 6.41. The average molecular weight is 257 g/mol. The summed E-state index contributed by atoms with van der Waals surface area (Å²) in [7, 11) is 0. The predicted octanol–water partition coefficient (Wildman–Crippen LogP) is 3.79. The molecule has 0 fully saturated rings. The minimum absolute atomic E-state index is 0.200. The van der Waals surface area contributed by atoms with Crippen LogP contribution in [0.15, 0.2) is 28.7 Å². The number of primary amides is 1. The van der Waals surface area contributed by atoms with E-state index in [1.807, 2.05) is 45.9 Å². The van der Waals surface area contributed by atoms with Crippen LogP contribution in [0.5, 0.6) is 0 Å². The lowest BCUT2D eigenvalue weighted by Gasteiger charge is -2.03. The van der Waals surface area contributed by atoms with Gasteiger partial charge in [0, 0.05) is 11.1 Å². The fourth-order valence-corrected chi connectivity index (χ4v) is 2.25. The third-order valence-electron chi connectivity index (χ3n) is 3.25. The Labute approximate surface area is 113 Å². The summed E-state index contributed by atoms with van der Waals surface area (Å²) in [6.07, 6.45) is 0. The van der Waals surface area contributed by atoms with Crippen LogP contribution < -0.4 is 5.73 Å². The topological polar surface area (TPSA) is 56.2 Å². The fraction of sp³-hybridized carbons (Fsp3) is 0.312. The zero-order chi connectivity index (χ0) is 14.2. The number of hydrogen-bond acceptors (Lipinski definition) is 2. The number of carbonyl (C=O) groups is 1. The first-order valence-electron chi connectivity index (χ1n) is 6.41. The van der Waals surface area contributed by atoms with Crippen LogP contribution in [0.4, 0.5) is 0 Å². The minimum atomic E-state index is -0.514. The van der Waals surface area contributed by atoms with Gasteiger partial charge >= 0.3 is 0 Å². The molecule has 0 atom stereocenters. The summed E-state index contributed by atoms with van der Waals surface area (Å²) in [4.78, 5) is 11.4. The SMILES string of the molecule is Cc1ccc(-c2cc(C(C)C)c(C(N)=O)o2)c(C)c1. The first kappa shape index (κ1) is 13.4. The van der Waals surface area contributed by atoms with Crippen molar-refractivity contribution in [2.24, 2.45) is 5.73 Å². The molecule has 0 aliphatic carbocycles. The molecule has 3 heteroatoms. The minimum Gasteiger partial charge on any atom is -0.451 e. The van der Waals surface area contributed by atoms with Crippen LogP contribution in [0, 0.1) is 13.8 Å². The highest BCUT2D eigenvalue weighted by Gasteiger charge is 2.19. The predicted molar refractivity (Wildman–Crippen MR) is 76.2 cm³/mol. The lowest BCUT2D eigenvalue weighted by molar-refractivity contribution is 0.0973. The van der Waals surface area contributed by atoms with Gasteiger partial charge < -0.3 is 10.2 Å². The normalized spacial score (nSPS) is 11.0. The number of carbonyl (C=O) groups excluding carboxylic acids is 1. The number of amides is 1. The Morgan fingerprint density at radius 3 is 2.37 bits per heavy atom. The first-order chi connectivity index (χ1) is 8.90. The van der Waals surface area contributed by atoms with Crippen LogP contribution >= 0.6 is 0 Å². The van der Waals surface area contributed by atoms with Gasteiger partial charge in [0.1, 0.15) is 5.76 Å². The Hall–Kier alpha value is -2.03. The molecule has 1 aromatic carbocycles. The molecule has 2 aromatic rings. The molecule has 1 amide bonds. The number of nitrogens with two attached hydrogens (primary N) is 1. The molecule has 0 spiro atoms. The van der Waals surface area contributed by atoms with Gasteiger partial charge in [0.05, 0.1) is 0 Å². The summed E-state index contributed by atoms with van der Waals surface area (Å²) in [6, 6.07) is 8.06. The van der Waals surface area contributed by atoms with E-state index in [1.165, 1.54) is 5.56 Å². The van der Waals surface area contributed by atoms with Gasteiger partial charge in [-0.2, -0.15) is 0 Å². The summed E-state index contributed by atoms with van der Waals surface area (Å²) in [6.45, 7) is 8.11. The second kappa shape index (κ2) is 4.92. The van der Waals surface area contributed by atoms with Crippen molar-refractivity contribution in [1.29, 1.82) is 0 Å². The van der Waals surface area contributed by atoms with Crippen LogP contribution in [0.25, 0.3) is 11.3 Å². The van der Waals surface area contributed by atoms with Crippen molar-refractivity contribution >= 4 is 5.91 Å². The van der Waals surface area contributed by atoms with E-state index < -0.39 is 5.91 Å². The monoisotopic (exact) mass is 257 g/mol. The molecule has 0 saturated carbocycles. The largest absolute Gasteiger partial charge is 0.451 e. The maximum Gasteiger partial charge on any atom is 0.284 e. The summed E-state index contributed by atoms with van der Waals surface area (Å²) in [5, 5.41) is 0. The van der Waals surface area contributed by atoms with E-state index in [9.17, 15) is 4.79 Å². The number of furan rings is 1. The van der Waals surface area contributed by atoms with E-state index in [4.69, 9.17) is 10.2 Å². The number of hydrogen-bond donors (Lipinski definition) is 1. The third kappa shape index (κ3) is 2.55. The lowest BCUT2D eigenvalue weighted by atomic mass is 10.00. The van der Waals surface area contributed by atoms with Gasteiger partial charge in [-0.3, -0.25) is 4.79 Å². The van der Waals surface area contributed by atoms with Gasteiger partial charge in [0.25, 0.3) is 5.91 Å². The molecule has 0 bridgehead atoms. The maximum atomic E-state index is 11.4. The Morgan fingerprint density at radius 1 is 1.21 bits per heavy atom. The summed E-state index contributed by atoms with van der Waals surface area (Å²) >= 11 is 0. The Morgan fingerprint density at radius 2 is 1.89 bits per heavy atom. The molecule has 1 aromatic heterocycles. The van der Waals surface area contributed by atoms with Crippen molar-refractivity contribution in [1.82, 2.24) is 0 Å². The molecule has 2 N–H and O–H groups in total. The van der Waals surface area contributed by atoms with E-state index >= 15 is 0 Å². The zero-order valence-corrected chi connectivity index (χ0v) is 11.8. The smallest absolute Gasteiger partial charge is 0.284 e. The van der Waals surface area contributed by atoms with Crippen LogP contribution in [-0.2, 0) is 0 Å². The molecule has 0 aliphatic rings. The molecule has 2 rings (SSSR count). The quantitative estimate of drug-likeness (QED) is 0.909. The van der Waals surface area contributed by atoms with E-state index in [0.717, 1.165) is 16.7 Å². The summed E-state index contributed by atoms with van der Waals surface area (Å²) in [5.74, 6) is 0.658. The van der Waals surface area contributed by atoms with Gasteiger partial charge in [0.2, 0.25) is 0 Å². The third-order valence-corrected chi connectivity index (χ3v) is 3.25. The number of benzene rings is 1. The fourth-order valence-electron chi connectivity index (χ4n) is 2.25. The highest BCUT2D eigenvalue weighted by molar-refractivity contribution is 5.92. The van der Waals surface area contributed by atoms with Crippen LogP contribution in [0.2, 0.25) is 0 Å². The number of aryl methyl sites for hydroxylation is 2. The highest BCUT2D eigenvalue weighted by Crippen LogP contribution is 2.32. The molecule has 1 heterocycles. The second-order valence-corrected chi connectivity index (χ2v) is 5.23. The Kier molecular flexibility index (Phi) is 3.47. The maximum absolute atomic E-state index is 11.4. The van der Waals surface area contributed by atoms with Gasteiger partial charge in [0.15, 0.2) is 5.76 Å². The van der Waals surface area contributed by atoms with Crippen molar-refractivity contribution < 1.29 is 9.21 Å². The van der Waals surface area contributed by atoms with E-state index in [2.05, 4.69) is 6.07 Å². The van der Waals surface area contributed by atoms with Crippen molar-refractivity contribution in [3.05, 3.63) is 46.7 Å². The van der Waals surface area contributed by atoms with Crippen LogP contribution in [0.1, 0.15) is 47.0 Å². The lowest BCUT2D eigenvalue weighted by Crippen LogP contribution is -2.12. The van der Waals surface area contributed by atoms with Gasteiger partial charge in [-0.25, -0.2) is 0 Å². The Bertz CT molecular complexity index is 624. The van der Waals surface area contributed by atoms with E-state index in [-0.39, 0.29) is 11.7 Å².